The fraction of sp³-hybridized carbons (Fsp3) is 0.333. The highest BCUT2D eigenvalue weighted by Gasteiger charge is 2.21. The van der Waals surface area contributed by atoms with Gasteiger partial charge in [-0.2, -0.15) is 0 Å². The summed E-state index contributed by atoms with van der Waals surface area (Å²) in [6, 6.07) is 10.9. The highest BCUT2D eigenvalue weighted by molar-refractivity contribution is 5.94. The van der Waals surface area contributed by atoms with Gasteiger partial charge in [0, 0.05) is 0 Å². The zero-order valence-electron chi connectivity index (χ0n) is 16.3. The number of carbonyl (C=O) groups is 4. The van der Waals surface area contributed by atoms with Crippen LogP contribution >= 0.6 is 0 Å². The summed E-state index contributed by atoms with van der Waals surface area (Å²) in [6.07, 6.45) is 4.13. The van der Waals surface area contributed by atoms with Gasteiger partial charge in [0.25, 0.3) is 11.8 Å². The summed E-state index contributed by atoms with van der Waals surface area (Å²) in [6.45, 7) is -1.16. The quantitative estimate of drug-likeness (QED) is 0.551. The minimum atomic E-state index is -0.750. The molecular weight excluding hydrogens is 390 g/mol. The number of fused-ring (bicyclic) bond motifs is 1. The number of ether oxygens (including phenoxy) is 1. The molecule has 2 aromatic rings. The van der Waals surface area contributed by atoms with Crippen LogP contribution in [0, 0.1) is 0 Å². The van der Waals surface area contributed by atoms with Gasteiger partial charge in [-0.15, -0.1) is 0 Å². The molecule has 1 heterocycles. The number of hydrogen-bond acceptors (Lipinski definition) is 6. The average molecular weight is 413 g/mol. The molecule has 0 bridgehead atoms. The second-order valence-electron chi connectivity index (χ2n) is 6.81. The lowest BCUT2D eigenvalue weighted by Gasteiger charge is -2.26. The Balaban J connectivity index is 1.33. The van der Waals surface area contributed by atoms with Crippen molar-refractivity contribution >= 4 is 23.7 Å². The van der Waals surface area contributed by atoms with Crippen molar-refractivity contribution in [3.8, 4) is 0 Å². The maximum absolute atomic E-state index is 12.1. The second kappa shape index (κ2) is 10.2. The zero-order chi connectivity index (χ0) is 21.3. The van der Waals surface area contributed by atoms with Crippen LogP contribution < -0.4 is 16.0 Å². The standard InChI is InChI=1S/C21H23N3O6/c25-18(11-23-21(28)17-9-4-10-29-17)22-12-20(27)30-13-19(26)24-16-8-3-6-14-5-1-2-7-15(14)16/h1-2,4-5,7,9-10,16H,3,6,8,11-13H2,(H,22,25)(H,23,28)(H,24,26)/t16-/m1/s1. The van der Waals surface area contributed by atoms with Gasteiger partial charge >= 0.3 is 5.97 Å². The van der Waals surface area contributed by atoms with Crippen LogP contribution in [0.5, 0.6) is 0 Å². The zero-order valence-corrected chi connectivity index (χ0v) is 16.3. The van der Waals surface area contributed by atoms with E-state index >= 15 is 0 Å². The molecule has 9 heteroatoms. The van der Waals surface area contributed by atoms with Crippen molar-refractivity contribution in [2.45, 2.75) is 25.3 Å². The summed E-state index contributed by atoms with van der Waals surface area (Å²) >= 11 is 0. The van der Waals surface area contributed by atoms with Crippen LogP contribution in [0.1, 0.15) is 40.6 Å². The number of benzene rings is 1. The third kappa shape index (κ3) is 5.94. The average Bonchev–Trinajstić information content (AvgIpc) is 3.30. The van der Waals surface area contributed by atoms with Gasteiger partial charge in [-0.3, -0.25) is 19.2 Å². The number of amides is 3. The van der Waals surface area contributed by atoms with Gasteiger partial charge in [0.2, 0.25) is 5.91 Å². The van der Waals surface area contributed by atoms with Gasteiger partial charge in [0.05, 0.1) is 18.8 Å². The molecule has 0 saturated heterocycles. The topological polar surface area (TPSA) is 127 Å². The van der Waals surface area contributed by atoms with E-state index in [-0.39, 0.29) is 18.3 Å². The summed E-state index contributed by atoms with van der Waals surface area (Å²) in [5.41, 5.74) is 2.31. The van der Waals surface area contributed by atoms with E-state index in [9.17, 15) is 19.2 Å². The first-order valence-electron chi connectivity index (χ1n) is 9.64. The molecule has 0 fully saturated rings. The van der Waals surface area contributed by atoms with Crippen molar-refractivity contribution in [2.75, 3.05) is 19.7 Å². The van der Waals surface area contributed by atoms with E-state index in [0.717, 1.165) is 24.8 Å². The normalized spacial score (nSPS) is 14.9. The number of furan rings is 1. The summed E-state index contributed by atoms with van der Waals surface area (Å²) in [5.74, 6) is -2.19. The van der Waals surface area contributed by atoms with Gasteiger partial charge < -0.3 is 25.1 Å². The van der Waals surface area contributed by atoms with Gasteiger partial charge in [-0.05, 0) is 42.5 Å². The first kappa shape index (κ1) is 21.1. The van der Waals surface area contributed by atoms with E-state index in [1.165, 1.54) is 17.9 Å². The van der Waals surface area contributed by atoms with E-state index in [0.29, 0.717) is 0 Å². The minimum Gasteiger partial charge on any atom is -0.459 e. The maximum Gasteiger partial charge on any atom is 0.325 e. The molecule has 1 atom stereocenters. The van der Waals surface area contributed by atoms with E-state index < -0.39 is 36.8 Å². The Kier molecular flexibility index (Phi) is 7.20. The number of hydrogen-bond donors (Lipinski definition) is 3. The third-order valence-corrected chi connectivity index (χ3v) is 4.65. The molecule has 0 spiro atoms. The number of aryl methyl sites for hydroxylation is 1. The molecule has 3 amide bonds. The Morgan fingerprint density at radius 3 is 2.63 bits per heavy atom. The molecule has 1 aliphatic carbocycles. The summed E-state index contributed by atoms with van der Waals surface area (Å²) < 4.78 is 9.80. The van der Waals surface area contributed by atoms with Gasteiger partial charge in [-0.1, -0.05) is 24.3 Å². The minimum absolute atomic E-state index is 0.0776. The predicted octanol–water partition coefficient (Wildman–Crippen LogP) is 0.863. The van der Waals surface area contributed by atoms with Crippen LogP contribution in [-0.4, -0.2) is 43.4 Å². The Bertz CT molecular complexity index is 909. The largest absolute Gasteiger partial charge is 0.459 e. The van der Waals surface area contributed by atoms with Crippen molar-refractivity contribution in [1.82, 2.24) is 16.0 Å². The molecule has 0 radical (unpaired) electrons. The van der Waals surface area contributed by atoms with Crippen LogP contribution in [0.25, 0.3) is 0 Å². The van der Waals surface area contributed by atoms with Crippen molar-refractivity contribution in [3.63, 3.8) is 0 Å². The van der Waals surface area contributed by atoms with Gasteiger partial charge in [-0.25, -0.2) is 0 Å². The lowest BCUT2D eigenvalue weighted by Crippen LogP contribution is -2.40. The highest BCUT2D eigenvalue weighted by atomic mass is 16.5. The summed E-state index contributed by atoms with van der Waals surface area (Å²) in [7, 11) is 0. The van der Waals surface area contributed by atoms with Crippen molar-refractivity contribution in [3.05, 3.63) is 59.5 Å². The maximum atomic E-state index is 12.1. The van der Waals surface area contributed by atoms with E-state index in [1.54, 1.807) is 6.07 Å². The van der Waals surface area contributed by atoms with Crippen LogP contribution in [-0.2, 0) is 25.5 Å². The monoisotopic (exact) mass is 413 g/mol. The van der Waals surface area contributed by atoms with Crippen LogP contribution in [0.15, 0.2) is 47.1 Å². The van der Waals surface area contributed by atoms with Gasteiger partial charge in [0.15, 0.2) is 12.4 Å². The summed E-state index contributed by atoms with van der Waals surface area (Å²) in [4.78, 5) is 47.2. The molecule has 9 nitrogen and oxygen atoms in total. The van der Waals surface area contributed by atoms with Crippen LogP contribution in [0.4, 0.5) is 0 Å². The molecule has 1 aliphatic rings. The first-order chi connectivity index (χ1) is 14.5. The van der Waals surface area contributed by atoms with Gasteiger partial charge in [0.1, 0.15) is 6.54 Å². The van der Waals surface area contributed by atoms with Crippen LogP contribution in [0.3, 0.4) is 0 Å². The molecule has 0 aliphatic heterocycles. The molecule has 1 aromatic carbocycles. The number of rotatable bonds is 8. The van der Waals surface area contributed by atoms with E-state index in [1.807, 2.05) is 24.3 Å². The Labute approximate surface area is 173 Å². The molecule has 3 N–H and O–H groups in total. The molecule has 3 rings (SSSR count). The predicted molar refractivity (Wildman–Crippen MR) is 105 cm³/mol. The fourth-order valence-corrected chi connectivity index (χ4v) is 3.23. The smallest absolute Gasteiger partial charge is 0.325 e. The van der Waals surface area contributed by atoms with Crippen molar-refractivity contribution in [1.29, 1.82) is 0 Å². The SMILES string of the molecule is O=C(CNC(=O)c1ccco1)NCC(=O)OCC(=O)N[C@@H]1CCCc2ccccc21. The lowest BCUT2D eigenvalue weighted by atomic mass is 9.88. The van der Waals surface area contributed by atoms with Crippen LogP contribution in [0.2, 0.25) is 0 Å². The Morgan fingerprint density at radius 1 is 1.00 bits per heavy atom. The first-order valence-corrected chi connectivity index (χ1v) is 9.64. The lowest BCUT2D eigenvalue weighted by molar-refractivity contribution is -0.148. The van der Waals surface area contributed by atoms with Crippen molar-refractivity contribution in [2.24, 2.45) is 0 Å². The highest BCUT2D eigenvalue weighted by Crippen LogP contribution is 2.29. The van der Waals surface area contributed by atoms with Crippen molar-refractivity contribution < 1.29 is 28.3 Å². The number of esters is 1. The fourth-order valence-electron chi connectivity index (χ4n) is 3.23. The second-order valence-corrected chi connectivity index (χ2v) is 6.81. The molecule has 30 heavy (non-hydrogen) atoms. The molecule has 158 valence electrons. The number of carbonyl (C=O) groups excluding carboxylic acids is 4. The van der Waals surface area contributed by atoms with E-state index in [4.69, 9.17) is 9.15 Å². The third-order valence-electron chi connectivity index (χ3n) is 4.65. The van der Waals surface area contributed by atoms with E-state index in [2.05, 4.69) is 16.0 Å². The summed E-state index contributed by atoms with van der Waals surface area (Å²) in [5, 5.41) is 7.54. The molecule has 0 unspecified atom stereocenters. The Morgan fingerprint density at radius 2 is 1.83 bits per heavy atom. The molecule has 0 saturated carbocycles. The molecule has 1 aromatic heterocycles. The Hall–Kier alpha value is -3.62. The molecular formula is C21H23N3O6. The number of nitrogens with one attached hydrogen (secondary N) is 3.